The van der Waals surface area contributed by atoms with E-state index < -0.39 is 0 Å². The lowest BCUT2D eigenvalue weighted by molar-refractivity contribution is 0.312. The van der Waals surface area contributed by atoms with E-state index in [0.29, 0.717) is 5.92 Å². The molecule has 3 nitrogen and oxygen atoms in total. The minimum Gasteiger partial charge on any atom is -0.368 e. The summed E-state index contributed by atoms with van der Waals surface area (Å²) >= 11 is 0. The molecular weight excluding hydrogens is 210 g/mol. The molecule has 0 amide bonds. The molecule has 1 saturated heterocycles. The van der Waals surface area contributed by atoms with Crippen LogP contribution in [0.4, 0.5) is 5.69 Å². The highest BCUT2D eigenvalue weighted by molar-refractivity contribution is 5.48. The number of aromatic nitrogens is 1. The third-order valence-electron chi connectivity index (χ3n) is 3.52. The second-order valence-electron chi connectivity index (χ2n) is 5.34. The summed E-state index contributed by atoms with van der Waals surface area (Å²) in [5.41, 5.74) is 3.82. The second kappa shape index (κ2) is 5.05. The zero-order valence-electron chi connectivity index (χ0n) is 11.4. The average molecular weight is 233 g/mol. The van der Waals surface area contributed by atoms with Crippen LogP contribution in [-0.4, -0.2) is 43.1 Å². The highest BCUT2D eigenvalue weighted by atomic mass is 15.2. The Labute approximate surface area is 104 Å². The number of aryl methyl sites for hydroxylation is 1. The molecule has 3 heteroatoms. The van der Waals surface area contributed by atoms with Crippen LogP contribution in [0.15, 0.2) is 12.3 Å². The van der Waals surface area contributed by atoms with Crippen molar-refractivity contribution in [3.05, 3.63) is 23.5 Å². The summed E-state index contributed by atoms with van der Waals surface area (Å²) in [5, 5.41) is 0. The molecule has 0 radical (unpaired) electrons. The SMILES string of the molecule is Cc1cc(N2CCN(C)CC2)cnc1C(C)C. The Kier molecular flexibility index (Phi) is 3.67. The first-order valence-corrected chi connectivity index (χ1v) is 6.48. The number of pyridine rings is 1. The van der Waals surface area contributed by atoms with Crippen LogP contribution < -0.4 is 4.90 Å². The molecule has 0 saturated carbocycles. The van der Waals surface area contributed by atoms with Crippen molar-refractivity contribution in [2.24, 2.45) is 0 Å². The van der Waals surface area contributed by atoms with E-state index >= 15 is 0 Å². The Morgan fingerprint density at radius 1 is 1.18 bits per heavy atom. The van der Waals surface area contributed by atoms with E-state index in [-0.39, 0.29) is 0 Å². The maximum atomic E-state index is 4.62. The Balaban J connectivity index is 2.14. The number of anilines is 1. The maximum Gasteiger partial charge on any atom is 0.0556 e. The van der Waals surface area contributed by atoms with Crippen LogP contribution in [0.25, 0.3) is 0 Å². The van der Waals surface area contributed by atoms with Crippen LogP contribution >= 0.6 is 0 Å². The van der Waals surface area contributed by atoms with Gasteiger partial charge in [0, 0.05) is 31.9 Å². The number of hydrogen-bond acceptors (Lipinski definition) is 3. The van der Waals surface area contributed by atoms with Crippen LogP contribution in [0.2, 0.25) is 0 Å². The molecule has 0 N–H and O–H groups in total. The van der Waals surface area contributed by atoms with Crippen LogP contribution in [0.1, 0.15) is 31.0 Å². The van der Waals surface area contributed by atoms with Gasteiger partial charge in [0.05, 0.1) is 11.9 Å². The van der Waals surface area contributed by atoms with E-state index in [1.165, 1.54) is 16.9 Å². The molecule has 0 unspecified atom stereocenters. The van der Waals surface area contributed by atoms with Gasteiger partial charge in [0.15, 0.2) is 0 Å². The van der Waals surface area contributed by atoms with Gasteiger partial charge in [-0.15, -0.1) is 0 Å². The standard InChI is InChI=1S/C14H23N3/c1-11(2)14-12(3)9-13(10-15-14)17-7-5-16(4)6-8-17/h9-11H,5-8H2,1-4H3. The fourth-order valence-corrected chi connectivity index (χ4v) is 2.41. The van der Waals surface area contributed by atoms with Crippen molar-refractivity contribution in [2.75, 3.05) is 38.1 Å². The topological polar surface area (TPSA) is 19.4 Å². The first kappa shape index (κ1) is 12.4. The number of likely N-dealkylation sites (N-methyl/N-ethyl adjacent to an activating group) is 1. The van der Waals surface area contributed by atoms with Gasteiger partial charge in [-0.25, -0.2) is 0 Å². The predicted molar refractivity (Wildman–Crippen MR) is 72.8 cm³/mol. The Morgan fingerprint density at radius 2 is 1.82 bits per heavy atom. The molecule has 0 atom stereocenters. The molecular formula is C14H23N3. The molecule has 2 heterocycles. The summed E-state index contributed by atoms with van der Waals surface area (Å²) in [6.45, 7) is 11.1. The second-order valence-corrected chi connectivity index (χ2v) is 5.34. The van der Waals surface area contributed by atoms with Crippen molar-refractivity contribution in [2.45, 2.75) is 26.7 Å². The van der Waals surface area contributed by atoms with E-state index in [4.69, 9.17) is 0 Å². The lowest BCUT2D eigenvalue weighted by atomic mass is 10.0. The maximum absolute atomic E-state index is 4.62. The quantitative estimate of drug-likeness (QED) is 0.781. The Morgan fingerprint density at radius 3 is 2.35 bits per heavy atom. The number of rotatable bonds is 2. The normalized spacial score (nSPS) is 17.8. The summed E-state index contributed by atoms with van der Waals surface area (Å²) < 4.78 is 0. The lowest BCUT2D eigenvalue weighted by Gasteiger charge is -2.34. The van der Waals surface area contributed by atoms with Crippen molar-refractivity contribution in [3.63, 3.8) is 0 Å². The molecule has 0 bridgehead atoms. The van der Waals surface area contributed by atoms with Gasteiger partial charge in [0.2, 0.25) is 0 Å². The molecule has 1 aromatic rings. The molecule has 0 aliphatic carbocycles. The van der Waals surface area contributed by atoms with Gasteiger partial charge < -0.3 is 9.80 Å². The van der Waals surface area contributed by atoms with Crippen molar-refractivity contribution < 1.29 is 0 Å². The molecule has 1 aliphatic rings. The first-order chi connectivity index (χ1) is 8.08. The number of nitrogens with zero attached hydrogens (tertiary/aromatic N) is 3. The van der Waals surface area contributed by atoms with Crippen LogP contribution in [-0.2, 0) is 0 Å². The molecule has 2 rings (SSSR count). The van der Waals surface area contributed by atoms with E-state index in [9.17, 15) is 0 Å². The summed E-state index contributed by atoms with van der Waals surface area (Å²) in [5.74, 6) is 0.511. The lowest BCUT2D eigenvalue weighted by Crippen LogP contribution is -2.44. The largest absolute Gasteiger partial charge is 0.368 e. The smallest absolute Gasteiger partial charge is 0.0556 e. The van der Waals surface area contributed by atoms with Crippen LogP contribution in [0.3, 0.4) is 0 Å². The highest BCUT2D eigenvalue weighted by Crippen LogP contribution is 2.22. The highest BCUT2D eigenvalue weighted by Gasteiger charge is 2.15. The van der Waals surface area contributed by atoms with Crippen molar-refractivity contribution in [3.8, 4) is 0 Å². The van der Waals surface area contributed by atoms with Gasteiger partial charge in [0.1, 0.15) is 0 Å². The molecule has 0 spiro atoms. The third kappa shape index (κ3) is 2.78. The summed E-state index contributed by atoms with van der Waals surface area (Å²) in [6.07, 6.45) is 2.04. The van der Waals surface area contributed by atoms with Crippen LogP contribution in [0.5, 0.6) is 0 Å². The van der Waals surface area contributed by atoms with E-state index in [1.807, 2.05) is 6.20 Å². The van der Waals surface area contributed by atoms with Gasteiger partial charge in [-0.3, -0.25) is 4.98 Å². The monoisotopic (exact) mass is 233 g/mol. The molecule has 0 aromatic carbocycles. The van der Waals surface area contributed by atoms with Gasteiger partial charge in [-0.05, 0) is 31.5 Å². The van der Waals surface area contributed by atoms with E-state index in [2.05, 4.69) is 48.7 Å². The predicted octanol–water partition coefficient (Wildman–Crippen LogP) is 2.27. The zero-order chi connectivity index (χ0) is 12.4. The molecule has 1 aliphatic heterocycles. The van der Waals surface area contributed by atoms with Crippen molar-refractivity contribution in [1.29, 1.82) is 0 Å². The molecule has 17 heavy (non-hydrogen) atoms. The van der Waals surface area contributed by atoms with Gasteiger partial charge in [0.25, 0.3) is 0 Å². The Bertz CT molecular complexity index is 379. The Hall–Kier alpha value is -1.09. The van der Waals surface area contributed by atoms with Gasteiger partial charge >= 0.3 is 0 Å². The van der Waals surface area contributed by atoms with E-state index in [0.717, 1.165) is 26.2 Å². The third-order valence-corrected chi connectivity index (χ3v) is 3.52. The van der Waals surface area contributed by atoms with Crippen LogP contribution in [0, 0.1) is 6.92 Å². The molecule has 1 fully saturated rings. The summed E-state index contributed by atoms with van der Waals surface area (Å²) in [4.78, 5) is 9.43. The zero-order valence-corrected chi connectivity index (χ0v) is 11.4. The fourth-order valence-electron chi connectivity index (χ4n) is 2.41. The summed E-state index contributed by atoms with van der Waals surface area (Å²) in [6, 6.07) is 2.29. The number of piperazine rings is 1. The van der Waals surface area contributed by atoms with E-state index in [1.54, 1.807) is 0 Å². The van der Waals surface area contributed by atoms with Crippen molar-refractivity contribution in [1.82, 2.24) is 9.88 Å². The minimum atomic E-state index is 0.511. The fraction of sp³-hybridized carbons (Fsp3) is 0.643. The minimum absolute atomic E-state index is 0.511. The van der Waals surface area contributed by atoms with Gasteiger partial charge in [-0.1, -0.05) is 13.8 Å². The average Bonchev–Trinajstić information content (AvgIpc) is 2.29. The first-order valence-electron chi connectivity index (χ1n) is 6.48. The van der Waals surface area contributed by atoms with Gasteiger partial charge in [-0.2, -0.15) is 0 Å². The molecule has 94 valence electrons. The number of hydrogen-bond donors (Lipinski definition) is 0. The molecule has 1 aromatic heterocycles. The van der Waals surface area contributed by atoms with Crippen molar-refractivity contribution >= 4 is 5.69 Å². The summed E-state index contributed by atoms with van der Waals surface area (Å²) in [7, 11) is 2.18.